The Morgan fingerprint density at radius 3 is 2.22 bits per heavy atom. The smallest absolute Gasteiger partial charge is 0.328 e. The third-order valence-corrected chi connectivity index (χ3v) is 2.03. The van der Waals surface area contributed by atoms with Gasteiger partial charge in [0, 0.05) is 6.08 Å². The zero-order valence-corrected chi connectivity index (χ0v) is 9.75. The highest BCUT2D eigenvalue weighted by Gasteiger charge is 2.14. The summed E-state index contributed by atoms with van der Waals surface area (Å²) in [5, 5.41) is 10.8. The van der Waals surface area contributed by atoms with Crippen LogP contribution in [0.15, 0.2) is 23.5 Å². The largest absolute Gasteiger partial charge is 0.493 e. The molecule has 0 spiro atoms. The van der Waals surface area contributed by atoms with E-state index in [4.69, 9.17) is 14.6 Å². The number of methoxy groups -OCH3 is 2. The second kappa shape index (κ2) is 6.24. The predicted molar refractivity (Wildman–Crippen MR) is 62.6 cm³/mol. The van der Waals surface area contributed by atoms with E-state index in [0.29, 0.717) is 5.56 Å². The summed E-state index contributed by atoms with van der Waals surface area (Å²) in [6, 6.07) is 2.98. The Hall–Kier alpha value is -2.57. The van der Waals surface area contributed by atoms with Crippen LogP contribution in [0.4, 0.5) is 0 Å². The first-order valence-corrected chi connectivity index (χ1v) is 4.79. The average molecular weight is 253 g/mol. The van der Waals surface area contributed by atoms with Crippen LogP contribution in [0.1, 0.15) is 5.56 Å². The lowest BCUT2D eigenvalue weighted by atomic mass is 10.1. The second-order valence-corrected chi connectivity index (χ2v) is 3.09. The Bertz CT molecular complexity index is 457. The molecule has 7 nitrogen and oxygen atoms in total. The van der Waals surface area contributed by atoms with Gasteiger partial charge in [-0.1, -0.05) is 0 Å². The van der Waals surface area contributed by atoms with Crippen molar-refractivity contribution in [2.45, 2.75) is 0 Å². The van der Waals surface area contributed by atoms with E-state index in [0.717, 1.165) is 6.08 Å². The van der Waals surface area contributed by atoms with E-state index in [-0.39, 0.29) is 17.2 Å². The number of carbonyl (C=O) groups is 1. The van der Waals surface area contributed by atoms with Crippen molar-refractivity contribution in [3.05, 3.63) is 28.7 Å². The molecule has 1 N–H and O–H groups in total. The van der Waals surface area contributed by atoms with E-state index in [9.17, 15) is 9.70 Å². The fourth-order valence-corrected chi connectivity index (χ4v) is 1.29. The molecule has 0 aliphatic heterocycles. The van der Waals surface area contributed by atoms with Crippen LogP contribution < -0.4 is 14.3 Å². The zero-order valence-electron chi connectivity index (χ0n) is 9.75. The van der Waals surface area contributed by atoms with Crippen molar-refractivity contribution in [2.24, 2.45) is 5.34 Å². The molecule has 0 amide bonds. The summed E-state index contributed by atoms with van der Waals surface area (Å²) in [5.74, 6) is -0.636. The van der Waals surface area contributed by atoms with Crippen molar-refractivity contribution in [2.75, 3.05) is 14.2 Å². The Labute approximate surface area is 103 Å². The number of aliphatic carboxylic acids is 1. The van der Waals surface area contributed by atoms with Gasteiger partial charge in [-0.3, -0.25) is 0 Å². The van der Waals surface area contributed by atoms with E-state index in [2.05, 4.69) is 10.2 Å². The molecule has 0 atom stereocenters. The lowest BCUT2D eigenvalue weighted by Gasteiger charge is -2.10. The van der Waals surface area contributed by atoms with Crippen LogP contribution >= 0.6 is 0 Å². The number of ether oxygens (including phenoxy) is 2. The molecule has 0 aliphatic carbocycles. The van der Waals surface area contributed by atoms with Crippen LogP contribution in [0.2, 0.25) is 0 Å². The Kier molecular flexibility index (Phi) is 4.67. The molecular formula is C11H11NO6. The molecule has 18 heavy (non-hydrogen) atoms. The molecular weight excluding hydrogens is 242 g/mol. The molecule has 0 aliphatic rings. The highest BCUT2D eigenvalue weighted by Crippen LogP contribution is 2.39. The fraction of sp³-hybridized carbons (Fsp3) is 0.182. The molecule has 0 unspecified atom stereocenters. The third kappa shape index (κ3) is 3.21. The van der Waals surface area contributed by atoms with Gasteiger partial charge in [0.25, 0.3) is 0 Å². The van der Waals surface area contributed by atoms with Gasteiger partial charge in [-0.25, -0.2) is 4.79 Å². The molecule has 7 heteroatoms. The standard InChI is InChI=1S/C11H11NO6/c1-16-8-5-7(3-4-10(13)14)6-9(17-2)11(8)18-12-15/h3-6H,1-2H3,(H,13,14). The first-order chi connectivity index (χ1) is 8.62. The maximum absolute atomic E-state index is 10.4. The maximum atomic E-state index is 10.4. The van der Waals surface area contributed by atoms with Crippen LogP contribution in [-0.2, 0) is 4.79 Å². The van der Waals surface area contributed by atoms with Crippen molar-refractivity contribution in [1.29, 1.82) is 0 Å². The number of hydrogen-bond acceptors (Lipinski definition) is 6. The molecule has 1 rings (SSSR count). The number of rotatable bonds is 6. The molecule has 0 saturated carbocycles. The van der Waals surface area contributed by atoms with E-state index in [1.54, 1.807) is 0 Å². The number of carboxylic acid groups (broad SMARTS) is 1. The van der Waals surface area contributed by atoms with E-state index < -0.39 is 5.97 Å². The van der Waals surface area contributed by atoms with Crippen LogP contribution in [0.5, 0.6) is 17.2 Å². The summed E-state index contributed by atoms with van der Waals surface area (Å²) < 4.78 is 10.0. The number of benzene rings is 1. The van der Waals surface area contributed by atoms with Gasteiger partial charge in [-0.15, -0.1) is 4.91 Å². The van der Waals surface area contributed by atoms with Crippen molar-refractivity contribution in [3.8, 4) is 17.2 Å². The third-order valence-electron chi connectivity index (χ3n) is 2.03. The molecule has 0 bridgehead atoms. The minimum absolute atomic E-state index is 0.0301. The number of carboxylic acids is 1. The summed E-state index contributed by atoms with van der Waals surface area (Å²) in [6.45, 7) is 0. The lowest BCUT2D eigenvalue weighted by Crippen LogP contribution is -1.95. The first kappa shape index (κ1) is 13.5. The van der Waals surface area contributed by atoms with Crippen LogP contribution in [0.3, 0.4) is 0 Å². The van der Waals surface area contributed by atoms with Gasteiger partial charge in [0.2, 0.25) is 5.75 Å². The summed E-state index contributed by atoms with van der Waals surface area (Å²) >= 11 is 0. The summed E-state index contributed by atoms with van der Waals surface area (Å²) in [6.07, 6.45) is 2.32. The quantitative estimate of drug-likeness (QED) is 0.472. The van der Waals surface area contributed by atoms with E-state index in [1.165, 1.54) is 32.4 Å². The Balaban J connectivity index is 3.25. The minimum Gasteiger partial charge on any atom is -0.493 e. The predicted octanol–water partition coefficient (Wildman–Crippen LogP) is 1.86. The fourth-order valence-electron chi connectivity index (χ4n) is 1.29. The molecule has 1 aromatic rings. The van der Waals surface area contributed by atoms with Gasteiger partial charge in [0.15, 0.2) is 16.8 Å². The number of nitrogens with zero attached hydrogens (tertiary/aromatic N) is 1. The van der Waals surface area contributed by atoms with Crippen LogP contribution in [0.25, 0.3) is 6.08 Å². The van der Waals surface area contributed by atoms with Gasteiger partial charge < -0.3 is 19.4 Å². The normalized spacial score (nSPS) is 10.1. The monoisotopic (exact) mass is 253 g/mol. The molecule has 0 fully saturated rings. The van der Waals surface area contributed by atoms with Gasteiger partial charge >= 0.3 is 5.97 Å². The van der Waals surface area contributed by atoms with Crippen LogP contribution in [0, 0.1) is 4.91 Å². The molecule has 0 aromatic heterocycles. The second-order valence-electron chi connectivity index (χ2n) is 3.09. The summed E-state index contributed by atoms with van der Waals surface area (Å²) in [4.78, 5) is 25.1. The highest BCUT2D eigenvalue weighted by atomic mass is 16.7. The minimum atomic E-state index is -1.08. The van der Waals surface area contributed by atoms with Crippen molar-refractivity contribution < 1.29 is 24.2 Å². The van der Waals surface area contributed by atoms with Gasteiger partial charge in [-0.05, 0) is 23.8 Å². The highest BCUT2D eigenvalue weighted by molar-refractivity contribution is 5.85. The number of hydrogen-bond donors (Lipinski definition) is 1. The SMILES string of the molecule is COc1cc(C=CC(=O)O)cc(OC)c1ON=O. The Morgan fingerprint density at radius 1 is 1.28 bits per heavy atom. The molecule has 1 aromatic carbocycles. The Morgan fingerprint density at radius 2 is 1.83 bits per heavy atom. The molecule has 0 saturated heterocycles. The zero-order chi connectivity index (χ0) is 13.5. The topological polar surface area (TPSA) is 94.4 Å². The van der Waals surface area contributed by atoms with Gasteiger partial charge in [-0.2, -0.15) is 0 Å². The molecule has 0 heterocycles. The maximum Gasteiger partial charge on any atom is 0.328 e. The van der Waals surface area contributed by atoms with Crippen molar-refractivity contribution >= 4 is 12.0 Å². The van der Waals surface area contributed by atoms with E-state index >= 15 is 0 Å². The molecule has 96 valence electrons. The van der Waals surface area contributed by atoms with Crippen molar-refractivity contribution in [1.82, 2.24) is 0 Å². The average Bonchev–Trinajstić information content (AvgIpc) is 2.37. The summed E-state index contributed by atoms with van der Waals surface area (Å²) in [5.41, 5.74) is 0.518. The van der Waals surface area contributed by atoms with Crippen molar-refractivity contribution in [3.63, 3.8) is 0 Å². The van der Waals surface area contributed by atoms with E-state index in [1.807, 2.05) is 0 Å². The lowest BCUT2D eigenvalue weighted by molar-refractivity contribution is -0.131. The molecule has 0 radical (unpaired) electrons. The summed E-state index contributed by atoms with van der Waals surface area (Å²) in [7, 11) is 2.74. The first-order valence-electron chi connectivity index (χ1n) is 4.79. The van der Waals surface area contributed by atoms with Gasteiger partial charge in [0.1, 0.15) is 0 Å². The van der Waals surface area contributed by atoms with Crippen LogP contribution in [-0.4, -0.2) is 25.3 Å². The van der Waals surface area contributed by atoms with Gasteiger partial charge in [0.05, 0.1) is 14.2 Å².